The number of carbonyl (C=O) groups excluding carboxylic acids is 1. The Balaban J connectivity index is 1.89. The highest BCUT2D eigenvalue weighted by atomic mass is 16.4. The van der Waals surface area contributed by atoms with Crippen molar-refractivity contribution in [1.29, 1.82) is 0 Å². The Morgan fingerprint density at radius 1 is 1.24 bits per heavy atom. The number of carboxylic acids is 1. The third-order valence-corrected chi connectivity index (χ3v) is 3.61. The van der Waals surface area contributed by atoms with E-state index in [0.29, 0.717) is 5.92 Å². The summed E-state index contributed by atoms with van der Waals surface area (Å²) in [6, 6.07) is 8.00. The Morgan fingerprint density at radius 3 is 2.33 bits per heavy atom. The van der Waals surface area contributed by atoms with Crippen LogP contribution in [0.15, 0.2) is 24.3 Å². The van der Waals surface area contributed by atoms with Crippen molar-refractivity contribution in [3.05, 3.63) is 29.8 Å². The summed E-state index contributed by atoms with van der Waals surface area (Å²) >= 11 is 0. The number of carbonyl (C=O) groups is 2. The Morgan fingerprint density at radius 2 is 1.86 bits per heavy atom. The number of carboxylic acid groups (broad SMARTS) is 1. The molecule has 1 aromatic carbocycles. The maximum atomic E-state index is 12.0. The second-order valence-corrected chi connectivity index (χ2v) is 5.85. The van der Waals surface area contributed by atoms with Crippen LogP contribution < -0.4 is 5.32 Å². The standard InChI is InChI=1S/C16H22N2O3/c1-11(2)12-3-5-13(6-4-12)17-15(19)9-18(10-16(20)21)14-7-8-14/h3-6,11,14H,7-10H2,1-2H3,(H,17,19)(H,20,21). The first-order valence-corrected chi connectivity index (χ1v) is 7.31. The number of nitrogens with one attached hydrogen (secondary N) is 1. The fraction of sp³-hybridized carbons (Fsp3) is 0.500. The quantitative estimate of drug-likeness (QED) is 0.808. The van der Waals surface area contributed by atoms with Gasteiger partial charge >= 0.3 is 5.97 Å². The molecule has 1 aliphatic rings. The lowest BCUT2D eigenvalue weighted by atomic mass is 10.0. The second-order valence-electron chi connectivity index (χ2n) is 5.85. The predicted molar refractivity (Wildman–Crippen MR) is 81.4 cm³/mol. The molecule has 1 saturated carbocycles. The third kappa shape index (κ3) is 4.86. The lowest BCUT2D eigenvalue weighted by Gasteiger charge is -2.19. The number of anilines is 1. The first-order valence-electron chi connectivity index (χ1n) is 7.31. The molecule has 0 spiro atoms. The molecule has 0 aromatic heterocycles. The van der Waals surface area contributed by atoms with E-state index in [1.165, 1.54) is 5.56 Å². The van der Waals surface area contributed by atoms with Crippen LogP contribution in [0.5, 0.6) is 0 Å². The molecule has 1 fully saturated rings. The number of rotatable bonds is 7. The molecular formula is C16H22N2O3. The van der Waals surface area contributed by atoms with E-state index < -0.39 is 5.97 Å². The molecule has 0 aliphatic heterocycles. The second kappa shape index (κ2) is 6.72. The fourth-order valence-corrected chi connectivity index (χ4v) is 2.26. The zero-order chi connectivity index (χ0) is 15.4. The summed E-state index contributed by atoms with van der Waals surface area (Å²) < 4.78 is 0. The van der Waals surface area contributed by atoms with Gasteiger partial charge in [-0.15, -0.1) is 0 Å². The smallest absolute Gasteiger partial charge is 0.317 e. The highest BCUT2D eigenvalue weighted by Crippen LogP contribution is 2.26. The van der Waals surface area contributed by atoms with Crippen molar-refractivity contribution in [1.82, 2.24) is 4.90 Å². The van der Waals surface area contributed by atoms with Crippen LogP contribution in [0.25, 0.3) is 0 Å². The van der Waals surface area contributed by atoms with Gasteiger partial charge in [0.05, 0.1) is 13.1 Å². The molecule has 1 aliphatic carbocycles. The summed E-state index contributed by atoms with van der Waals surface area (Å²) in [5.74, 6) is -0.605. The molecule has 2 N–H and O–H groups in total. The van der Waals surface area contributed by atoms with Gasteiger partial charge < -0.3 is 10.4 Å². The van der Waals surface area contributed by atoms with E-state index in [0.717, 1.165) is 18.5 Å². The SMILES string of the molecule is CC(C)c1ccc(NC(=O)CN(CC(=O)O)C2CC2)cc1. The number of nitrogens with zero attached hydrogens (tertiary/aromatic N) is 1. The van der Waals surface area contributed by atoms with Crippen molar-refractivity contribution in [2.45, 2.75) is 38.6 Å². The molecule has 21 heavy (non-hydrogen) atoms. The third-order valence-electron chi connectivity index (χ3n) is 3.61. The van der Waals surface area contributed by atoms with Gasteiger partial charge in [-0.05, 0) is 36.5 Å². The minimum Gasteiger partial charge on any atom is -0.480 e. The van der Waals surface area contributed by atoms with Crippen LogP contribution in [-0.2, 0) is 9.59 Å². The van der Waals surface area contributed by atoms with Gasteiger partial charge in [0.2, 0.25) is 5.91 Å². The van der Waals surface area contributed by atoms with E-state index >= 15 is 0 Å². The summed E-state index contributed by atoms with van der Waals surface area (Å²) in [5.41, 5.74) is 1.97. The molecular weight excluding hydrogens is 268 g/mol. The van der Waals surface area contributed by atoms with Crippen LogP contribution in [0.1, 0.15) is 38.2 Å². The molecule has 0 bridgehead atoms. The average Bonchev–Trinajstić information content (AvgIpc) is 3.22. The van der Waals surface area contributed by atoms with Crippen LogP contribution in [0.4, 0.5) is 5.69 Å². The predicted octanol–water partition coefficient (Wildman–Crippen LogP) is 2.30. The Bertz CT molecular complexity index is 507. The first kappa shape index (κ1) is 15.5. The summed E-state index contributed by atoms with van der Waals surface area (Å²) in [5, 5.41) is 11.7. The van der Waals surface area contributed by atoms with E-state index in [4.69, 9.17) is 5.11 Å². The largest absolute Gasteiger partial charge is 0.480 e. The maximum Gasteiger partial charge on any atom is 0.317 e. The molecule has 1 amide bonds. The van der Waals surface area contributed by atoms with Gasteiger partial charge in [-0.1, -0.05) is 26.0 Å². The van der Waals surface area contributed by atoms with E-state index in [9.17, 15) is 9.59 Å². The number of hydrogen-bond acceptors (Lipinski definition) is 3. The molecule has 1 aromatic rings. The van der Waals surface area contributed by atoms with Crippen molar-refractivity contribution in [3.63, 3.8) is 0 Å². The minimum atomic E-state index is -0.893. The van der Waals surface area contributed by atoms with Gasteiger partial charge in [-0.25, -0.2) is 0 Å². The summed E-state index contributed by atoms with van der Waals surface area (Å²) in [6.45, 7) is 4.28. The van der Waals surface area contributed by atoms with Gasteiger partial charge in [0.25, 0.3) is 0 Å². The van der Waals surface area contributed by atoms with Crippen molar-refractivity contribution >= 4 is 17.6 Å². The number of hydrogen-bond donors (Lipinski definition) is 2. The van der Waals surface area contributed by atoms with Gasteiger partial charge in [0.1, 0.15) is 0 Å². The van der Waals surface area contributed by atoms with Crippen molar-refractivity contribution in [2.75, 3.05) is 18.4 Å². The summed E-state index contributed by atoms with van der Waals surface area (Å²) in [6.07, 6.45) is 1.95. The van der Waals surface area contributed by atoms with Crippen molar-refractivity contribution in [2.24, 2.45) is 0 Å². The highest BCUT2D eigenvalue weighted by molar-refractivity contribution is 5.92. The molecule has 0 atom stereocenters. The first-order chi connectivity index (χ1) is 9.95. The van der Waals surface area contributed by atoms with Gasteiger partial charge in [-0.2, -0.15) is 0 Å². The monoisotopic (exact) mass is 290 g/mol. The van der Waals surface area contributed by atoms with Crippen LogP contribution >= 0.6 is 0 Å². The van der Waals surface area contributed by atoms with E-state index in [2.05, 4.69) is 19.2 Å². The molecule has 114 valence electrons. The Kier molecular flexibility index (Phi) is 4.96. The lowest BCUT2D eigenvalue weighted by molar-refractivity contribution is -0.138. The molecule has 0 radical (unpaired) electrons. The Hall–Kier alpha value is -1.88. The fourth-order valence-electron chi connectivity index (χ4n) is 2.26. The number of amides is 1. The summed E-state index contributed by atoms with van der Waals surface area (Å²) in [4.78, 5) is 24.5. The zero-order valence-corrected chi connectivity index (χ0v) is 12.5. The zero-order valence-electron chi connectivity index (χ0n) is 12.5. The Labute approximate surface area is 125 Å². The van der Waals surface area contributed by atoms with Crippen LogP contribution in [0, 0.1) is 0 Å². The lowest BCUT2D eigenvalue weighted by Crippen LogP contribution is -2.38. The average molecular weight is 290 g/mol. The van der Waals surface area contributed by atoms with Crippen LogP contribution in [0.2, 0.25) is 0 Å². The maximum absolute atomic E-state index is 12.0. The van der Waals surface area contributed by atoms with Crippen molar-refractivity contribution in [3.8, 4) is 0 Å². The van der Waals surface area contributed by atoms with Gasteiger partial charge in [0, 0.05) is 11.7 Å². The molecule has 2 rings (SSSR count). The van der Waals surface area contributed by atoms with Gasteiger partial charge in [-0.3, -0.25) is 14.5 Å². The van der Waals surface area contributed by atoms with E-state index in [1.807, 2.05) is 24.3 Å². The van der Waals surface area contributed by atoms with Gasteiger partial charge in [0.15, 0.2) is 0 Å². The highest BCUT2D eigenvalue weighted by Gasteiger charge is 2.31. The summed E-state index contributed by atoms with van der Waals surface area (Å²) in [7, 11) is 0. The molecule has 5 nitrogen and oxygen atoms in total. The topological polar surface area (TPSA) is 69.6 Å². The van der Waals surface area contributed by atoms with E-state index in [1.54, 1.807) is 4.90 Å². The molecule has 0 saturated heterocycles. The van der Waals surface area contributed by atoms with Crippen molar-refractivity contribution < 1.29 is 14.7 Å². The number of benzene rings is 1. The molecule has 5 heteroatoms. The number of aliphatic carboxylic acids is 1. The minimum absolute atomic E-state index is 0.0790. The molecule has 0 unspecified atom stereocenters. The van der Waals surface area contributed by atoms with E-state index in [-0.39, 0.29) is 25.0 Å². The molecule has 0 heterocycles. The normalized spacial score (nSPS) is 14.5. The van der Waals surface area contributed by atoms with Crippen LogP contribution in [0.3, 0.4) is 0 Å². The van der Waals surface area contributed by atoms with Crippen LogP contribution in [-0.4, -0.2) is 41.0 Å².